The number of hydrogen-bond donors (Lipinski definition) is 5. The maximum atomic E-state index is 13.7. The lowest BCUT2D eigenvalue weighted by Gasteiger charge is -2.46. The van der Waals surface area contributed by atoms with Crippen molar-refractivity contribution in [3.63, 3.8) is 0 Å². The van der Waals surface area contributed by atoms with Crippen LogP contribution in [0.25, 0.3) is 16.9 Å². The molecule has 1 aliphatic heterocycles. The number of fused-ring (bicyclic) bond motifs is 3. The Bertz CT molecular complexity index is 1630. The van der Waals surface area contributed by atoms with E-state index in [2.05, 4.69) is 4.90 Å². The highest BCUT2D eigenvalue weighted by Crippen LogP contribution is 2.53. The fourth-order valence-electron chi connectivity index (χ4n) is 6.90. The van der Waals surface area contributed by atoms with Gasteiger partial charge in [0.15, 0.2) is 11.4 Å². The third-order valence-electron chi connectivity index (χ3n) is 9.16. The Labute approximate surface area is 241 Å². The number of amides is 2. The predicted molar refractivity (Wildman–Crippen MR) is 150 cm³/mol. The molecule has 6 rings (SSSR count). The van der Waals surface area contributed by atoms with Gasteiger partial charge >= 0.3 is 0 Å². The summed E-state index contributed by atoms with van der Waals surface area (Å²) in [6, 6.07) is 10.2. The van der Waals surface area contributed by atoms with E-state index in [-0.39, 0.29) is 42.1 Å². The maximum absolute atomic E-state index is 13.7. The van der Waals surface area contributed by atoms with Gasteiger partial charge in [0.2, 0.25) is 5.78 Å². The van der Waals surface area contributed by atoms with Gasteiger partial charge in [-0.05, 0) is 60.7 Å². The molecule has 0 radical (unpaired) electrons. The molecule has 1 heterocycles. The zero-order chi connectivity index (χ0) is 30.1. The molecule has 2 aromatic carbocycles. The average molecular weight is 574 g/mol. The summed E-state index contributed by atoms with van der Waals surface area (Å²) in [4.78, 5) is 55.4. The molecule has 3 atom stereocenters. The molecule has 4 aliphatic rings. The Morgan fingerprint density at radius 2 is 1.71 bits per heavy atom. The first-order chi connectivity index (χ1) is 19.9. The highest BCUT2D eigenvalue weighted by Gasteiger charge is 2.60. The topological polar surface area (TPSA) is 182 Å². The van der Waals surface area contributed by atoms with Crippen molar-refractivity contribution < 1.29 is 39.6 Å². The first kappa shape index (κ1) is 27.7. The van der Waals surface area contributed by atoms with E-state index in [1.54, 1.807) is 29.2 Å². The van der Waals surface area contributed by atoms with Gasteiger partial charge in [-0.25, -0.2) is 0 Å². The van der Waals surface area contributed by atoms with Crippen molar-refractivity contribution in [2.24, 2.45) is 17.6 Å². The number of Topliss-reactive ketones (excluding diaryl/α,β-unsaturated/α-hetero) is 2. The summed E-state index contributed by atoms with van der Waals surface area (Å²) >= 11 is 0. The van der Waals surface area contributed by atoms with Crippen LogP contribution in [-0.2, 0) is 20.8 Å². The first-order valence-electron chi connectivity index (χ1n) is 13.8. The van der Waals surface area contributed by atoms with Gasteiger partial charge < -0.3 is 36.0 Å². The molecule has 218 valence electrons. The zero-order valence-electron chi connectivity index (χ0n) is 23.0. The van der Waals surface area contributed by atoms with Crippen LogP contribution in [0.5, 0.6) is 5.75 Å². The fourth-order valence-corrected chi connectivity index (χ4v) is 6.90. The largest absolute Gasteiger partial charge is 0.508 e. The number of carbonyl (C=O) groups excluding carboxylic acids is 4. The number of rotatable bonds is 3. The number of piperazine rings is 1. The molecular weight excluding hydrogens is 542 g/mol. The van der Waals surface area contributed by atoms with E-state index >= 15 is 0 Å². The molecule has 42 heavy (non-hydrogen) atoms. The highest BCUT2D eigenvalue weighted by atomic mass is 16.3. The third-order valence-corrected chi connectivity index (χ3v) is 9.16. The minimum atomic E-state index is -2.61. The minimum Gasteiger partial charge on any atom is -0.508 e. The molecule has 2 aromatic rings. The van der Waals surface area contributed by atoms with E-state index in [4.69, 9.17) is 5.73 Å². The number of aliphatic hydroxyl groups is 3. The molecule has 2 amide bonds. The molecule has 0 spiro atoms. The molecule has 11 nitrogen and oxygen atoms in total. The van der Waals surface area contributed by atoms with Gasteiger partial charge in [-0.1, -0.05) is 18.2 Å². The van der Waals surface area contributed by atoms with Gasteiger partial charge in [0, 0.05) is 49.7 Å². The summed E-state index contributed by atoms with van der Waals surface area (Å²) in [5.41, 5.74) is 4.00. The number of aliphatic hydroxyl groups excluding tert-OH is 2. The highest BCUT2D eigenvalue weighted by molar-refractivity contribution is 6.22. The smallest absolute Gasteiger partial charge is 0.255 e. The molecule has 11 heteroatoms. The quantitative estimate of drug-likeness (QED) is 0.340. The van der Waals surface area contributed by atoms with Crippen LogP contribution in [0.2, 0.25) is 0 Å². The number of ketones is 2. The van der Waals surface area contributed by atoms with Gasteiger partial charge in [-0.15, -0.1) is 0 Å². The van der Waals surface area contributed by atoms with Crippen LogP contribution in [0.3, 0.4) is 0 Å². The van der Waals surface area contributed by atoms with Crippen molar-refractivity contribution >= 4 is 29.1 Å². The summed E-state index contributed by atoms with van der Waals surface area (Å²) in [6.45, 7) is 2.80. The summed E-state index contributed by atoms with van der Waals surface area (Å²) in [7, 11) is 2.01. The predicted octanol–water partition coefficient (Wildman–Crippen LogP) is 1.48. The summed E-state index contributed by atoms with van der Waals surface area (Å²) < 4.78 is 0. The lowest BCUT2D eigenvalue weighted by Crippen LogP contribution is -2.58. The number of phenolic OH excluding ortho intramolecular Hbond substituents is 1. The number of primary amides is 1. The summed E-state index contributed by atoms with van der Waals surface area (Å²) in [6.07, 6.45) is -0.167. The molecule has 0 aromatic heterocycles. The van der Waals surface area contributed by atoms with Crippen molar-refractivity contribution in [2.45, 2.75) is 24.9 Å². The van der Waals surface area contributed by atoms with Crippen LogP contribution in [0.15, 0.2) is 53.3 Å². The molecule has 2 fully saturated rings. The van der Waals surface area contributed by atoms with Gasteiger partial charge in [0.25, 0.3) is 11.8 Å². The second-order valence-corrected chi connectivity index (χ2v) is 11.6. The Morgan fingerprint density at radius 1 is 1.00 bits per heavy atom. The van der Waals surface area contributed by atoms with Gasteiger partial charge in [0.1, 0.15) is 22.8 Å². The molecule has 0 unspecified atom stereocenters. The van der Waals surface area contributed by atoms with Crippen LogP contribution in [-0.4, -0.2) is 92.4 Å². The number of phenols is 1. The number of carbonyl (C=O) groups is 4. The second-order valence-electron chi connectivity index (χ2n) is 11.6. The minimum absolute atomic E-state index is 0.00965. The van der Waals surface area contributed by atoms with Gasteiger partial charge in [0.05, 0.1) is 5.56 Å². The van der Waals surface area contributed by atoms with E-state index in [0.29, 0.717) is 35.3 Å². The van der Waals surface area contributed by atoms with E-state index in [1.807, 2.05) is 13.1 Å². The summed E-state index contributed by atoms with van der Waals surface area (Å²) in [5, 5.41) is 44.4. The molecule has 0 bridgehead atoms. The van der Waals surface area contributed by atoms with E-state index in [9.17, 15) is 39.6 Å². The molecular formula is C31H31N3O8. The number of likely N-dealkylation sites (N-methyl/N-ethyl adjacent to an activating group) is 1. The van der Waals surface area contributed by atoms with Gasteiger partial charge in [-0.3, -0.25) is 19.2 Å². The third kappa shape index (κ3) is 4.03. The number of benzene rings is 2. The van der Waals surface area contributed by atoms with Crippen LogP contribution >= 0.6 is 0 Å². The van der Waals surface area contributed by atoms with Crippen LogP contribution < -0.4 is 5.73 Å². The monoisotopic (exact) mass is 573 g/mol. The van der Waals surface area contributed by atoms with Crippen LogP contribution in [0.1, 0.15) is 34.3 Å². The normalized spacial score (nSPS) is 26.1. The van der Waals surface area contributed by atoms with E-state index in [0.717, 1.165) is 13.1 Å². The Balaban J connectivity index is 1.42. The fraction of sp³-hybridized carbons (Fsp3) is 0.355. The van der Waals surface area contributed by atoms with E-state index < -0.39 is 52.0 Å². The molecule has 6 N–H and O–H groups in total. The zero-order valence-corrected chi connectivity index (χ0v) is 23.0. The maximum Gasteiger partial charge on any atom is 0.255 e. The first-order valence-corrected chi connectivity index (χ1v) is 13.8. The Hall–Kier alpha value is -4.48. The SMILES string of the molecule is CN1CCN(C(=O)c2cccc(-c3ccc(O)c4c3C[C@H]3C[C@H]5CC(=O)C(C(N)=O)=C(O)[C@@]5(O)C(=O)C3=C4O)c2)CC1. The van der Waals surface area contributed by atoms with Crippen molar-refractivity contribution in [3.05, 3.63) is 70.0 Å². The van der Waals surface area contributed by atoms with Crippen molar-refractivity contribution in [1.82, 2.24) is 9.80 Å². The number of hydrogen-bond acceptors (Lipinski definition) is 9. The van der Waals surface area contributed by atoms with E-state index in [1.165, 1.54) is 6.07 Å². The lowest BCUT2D eigenvalue weighted by molar-refractivity contribution is -0.147. The van der Waals surface area contributed by atoms with Crippen molar-refractivity contribution in [2.75, 3.05) is 33.2 Å². The van der Waals surface area contributed by atoms with Crippen molar-refractivity contribution in [3.8, 4) is 16.9 Å². The Morgan fingerprint density at radius 3 is 2.40 bits per heavy atom. The van der Waals surface area contributed by atoms with Crippen molar-refractivity contribution in [1.29, 1.82) is 0 Å². The standard InChI is InChI=1S/C31H31N3O8/c1-33-7-9-34(10-8-33)30(41)16-4-2-3-15(11-16)19-5-6-21(35)24-20(19)13-17-12-18-14-22(36)25(29(32)40)28(39)31(18,42)27(38)23(17)26(24)37/h2-6,11,17-18,35,37,39,42H,7-10,12-14H2,1H3,(H2,32,40)/t17-,18+,31+/m1/s1. The lowest BCUT2D eigenvalue weighted by atomic mass is 9.59. The number of nitrogens with two attached hydrogens (primary N) is 1. The average Bonchev–Trinajstić information content (AvgIpc) is 2.95. The van der Waals surface area contributed by atoms with Crippen LogP contribution in [0, 0.1) is 11.8 Å². The molecule has 3 aliphatic carbocycles. The molecule has 1 saturated carbocycles. The Kier molecular flexibility index (Phi) is 6.47. The number of nitrogens with zero attached hydrogens (tertiary/aromatic N) is 2. The van der Waals surface area contributed by atoms with Gasteiger partial charge in [-0.2, -0.15) is 0 Å². The summed E-state index contributed by atoms with van der Waals surface area (Å²) in [5.74, 6) is -6.81. The number of aromatic hydroxyl groups is 1. The van der Waals surface area contributed by atoms with Crippen LogP contribution in [0.4, 0.5) is 0 Å². The molecule has 1 saturated heterocycles. The second kappa shape index (κ2) is 9.81.